The Hall–Kier alpha value is -2.96. The zero-order valence-corrected chi connectivity index (χ0v) is 13.7. The van der Waals surface area contributed by atoms with Crippen molar-refractivity contribution in [2.24, 2.45) is 7.05 Å². The third kappa shape index (κ3) is 2.80. The number of fused-ring (bicyclic) bond motifs is 1. The molecular weight excluding hydrogens is 306 g/mol. The first kappa shape index (κ1) is 15.9. The normalized spacial score (nSPS) is 13.3. The van der Waals surface area contributed by atoms with Crippen LogP contribution in [0.5, 0.6) is 0 Å². The fraction of sp³-hybridized carbons (Fsp3) is 0.294. The van der Waals surface area contributed by atoms with Crippen molar-refractivity contribution in [2.75, 3.05) is 16.8 Å². The predicted octanol–water partition coefficient (Wildman–Crippen LogP) is 1.84. The van der Waals surface area contributed by atoms with E-state index in [-0.39, 0.29) is 17.8 Å². The number of carbonyl (C=O) groups is 2. The minimum atomic E-state index is -0.273. The lowest BCUT2D eigenvalue weighted by molar-refractivity contribution is -0.114. The van der Waals surface area contributed by atoms with Crippen molar-refractivity contribution in [1.82, 2.24) is 14.8 Å². The fourth-order valence-electron chi connectivity index (χ4n) is 2.86. The molecule has 1 aliphatic heterocycles. The minimum Gasteiger partial charge on any atom is -0.309 e. The van der Waals surface area contributed by atoms with Gasteiger partial charge in [0.25, 0.3) is 5.91 Å². The molecule has 24 heavy (non-hydrogen) atoms. The van der Waals surface area contributed by atoms with Gasteiger partial charge in [0, 0.05) is 24.8 Å². The SMILES string of the molecule is C=CC(=O)N1CCCc2c(C(=O)Nc3nc(C)n(C)n3)cccc21. The summed E-state index contributed by atoms with van der Waals surface area (Å²) in [6.07, 6.45) is 2.84. The second kappa shape index (κ2) is 6.27. The molecule has 2 heterocycles. The summed E-state index contributed by atoms with van der Waals surface area (Å²) in [5, 5.41) is 6.86. The molecule has 0 saturated carbocycles. The Morgan fingerprint density at radius 2 is 2.17 bits per heavy atom. The van der Waals surface area contributed by atoms with Crippen LogP contribution in [0.1, 0.15) is 28.2 Å². The molecule has 1 aromatic carbocycles. The maximum Gasteiger partial charge on any atom is 0.258 e. The number of nitrogens with zero attached hydrogens (tertiary/aromatic N) is 4. The smallest absolute Gasteiger partial charge is 0.258 e. The van der Waals surface area contributed by atoms with Gasteiger partial charge in [0.15, 0.2) is 0 Å². The van der Waals surface area contributed by atoms with Gasteiger partial charge in [-0.05, 0) is 43.5 Å². The summed E-state index contributed by atoms with van der Waals surface area (Å²) in [7, 11) is 1.77. The van der Waals surface area contributed by atoms with E-state index in [0.717, 1.165) is 24.1 Å². The van der Waals surface area contributed by atoms with Crippen molar-refractivity contribution >= 4 is 23.5 Å². The summed E-state index contributed by atoms with van der Waals surface area (Å²) in [5.41, 5.74) is 2.17. The summed E-state index contributed by atoms with van der Waals surface area (Å²) in [6.45, 7) is 5.98. The highest BCUT2D eigenvalue weighted by Crippen LogP contribution is 2.30. The van der Waals surface area contributed by atoms with E-state index in [4.69, 9.17) is 0 Å². The lowest BCUT2D eigenvalue weighted by Gasteiger charge is -2.29. The van der Waals surface area contributed by atoms with Crippen molar-refractivity contribution in [3.63, 3.8) is 0 Å². The third-order valence-electron chi connectivity index (χ3n) is 4.14. The zero-order valence-electron chi connectivity index (χ0n) is 13.7. The molecule has 0 unspecified atom stereocenters. The molecule has 0 atom stereocenters. The van der Waals surface area contributed by atoms with Crippen LogP contribution in [-0.4, -0.2) is 33.1 Å². The molecule has 1 aliphatic rings. The number of aryl methyl sites for hydroxylation is 2. The van der Waals surface area contributed by atoms with E-state index >= 15 is 0 Å². The average molecular weight is 325 g/mol. The van der Waals surface area contributed by atoms with Crippen LogP contribution >= 0.6 is 0 Å². The summed E-state index contributed by atoms with van der Waals surface area (Å²) < 4.78 is 1.60. The minimum absolute atomic E-state index is 0.157. The Kier molecular flexibility index (Phi) is 4.16. The van der Waals surface area contributed by atoms with Crippen LogP contribution in [0.2, 0.25) is 0 Å². The van der Waals surface area contributed by atoms with E-state index in [1.165, 1.54) is 6.08 Å². The first-order chi connectivity index (χ1) is 11.5. The van der Waals surface area contributed by atoms with E-state index in [0.29, 0.717) is 17.9 Å². The molecule has 0 aliphatic carbocycles. The lowest BCUT2D eigenvalue weighted by atomic mass is 9.95. The van der Waals surface area contributed by atoms with Gasteiger partial charge in [-0.3, -0.25) is 19.6 Å². The predicted molar refractivity (Wildman–Crippen MR) is 91.0 cm³/mol. The maximum atomic E-state index is 12.6. The molecule has 7 heteroatoms. The Bertz CT molecular complexity index is 805. The summed E-state index contributed by atoms with van der Waals surface area (Å²) in [6, 6.07) is 5.39. The number of rotatable bonds is 3. The second-order valence-corrected chi connectivity index (χ2v) is 5.66. The largest absolute Gasteiger partial charge is 0.309 e. The first-order valence-electron chi connectivity index (χ1n) is 7.76. The van der Waals surface area contributed by atoms with Gasteiger partial charge in [-0.2, -0.15) is 4.98 Å². The van der Waals surface area contributed by atoms with Crippen LogP contribution < -0.4 is 10.2 Å². The molecule has 1 aromatic heterocycles. The number of benzene rings is 1. The topological polar surface area (TPSA) is 80.1 Å². The van der Waals surface area contributed by atoms with Gasteiger partial charge in [0.05, 0.1) is 0 Å². The monoisotopic (exact) mass is 325 g/mol. The quantitative estimate of drug-likeness (QED) is 0.873. The molecule has 0 fully saturated rings. The van der Waals surface area contributed by atoms with E-state index in [1.54, 1.807) is 28.8 Å². The van der Waals surface area contributed by atoms with E-state index in [1.807, 2.05) is 13.0 Å². The molecule has 2 aromatic rings. The van der Waals surface area contributed by atoms with Crippen LogP contribution in [0.15, 0.2) is 30.9 Å². The van der Waals surface area contributed by atoms with E-state index in [2.05, 4.69) is 22.0 Å². The fourth-order valence-corrected chi connectivity index (χ4v) is 2.86. The molecule has 0 spiro atoms. The van der Waals surface area contributed by atoms with Crippen molar-refractivity contribution < 1.29 is 9.59 Å². The van der Waals surface area contributed by atoms with Gasteiger partial charge in [-0.25, -0.2) is 0 Å². The Labute approximate surface area is 140 Å². The zero-order chi connectivity index (χ0) is 17.3. The molecule has 0 saturated heterocycles. The number of amides is 2. The Morgan fingerprint density at radius 1 is 1.38 bits per heavy atom. The molecule has 1 N–H and O–H groups in total. The number of aromatic nitrogens is 3. The first-order valence-corrected chi connectivity index (χ1v) is 7.76. The summed E-state index contributed by atoms with van der Waals surface area (Å²) in [5.74, 6) is 0.552. The summed E-state index contributed by atoms with van der Waals surface area (Å²) >= 11 is 0. The van der Waals surface area contributed by atoms with Crippen LogP contribution in [0.4, 0.5) is 11.6 Å². The van der Waals surface area contributed by atoms with Crippen molar-refractivity contribution in [1.29, 1.82) is 0 Å². The maximum absolute atomic E-state index is 12.6. The van der Waals surface area contributed by atoms with Gasteiger partial charge in [0.2, 0.25) is 11.9 Å². The highest BCUT2D eigenvalue weighted by atomic mass is 16.2. The number of hydrogen-bond donors (Lipinski definition) is 1. The molecule has 124 valence electrons. The second-order valence-electron chi connectivity index (χ2n) is 5.66. The number of nitrogens with one attached hydrogen (secondary N) is 1. The van der Waals surface area contributed by atoms with Gasteiger partial charge in [-0.15, -0.1) is 5.10 Å². The molecule has 7 nitrogen and oxygen atoms in total. The van der Waals surface area contributed by atoms with Crippen LogP contribution in [0, 0.1) is 6.92 Å². The molecule has 0 radical (unpaired) electrons. The third-order valence-corrected chi connectivity index (χ3v) is 4.14. The Balaban J connectivity index is 1.93. The number of carbonyl (C=O) groups excluding carboxylic acids is 2. The van der Waals surface area contributed by atoms with Crippen molar-refractivity contribution in [2.45, 2.75) is 19.8 Å². The van der Waals surface area contributed by atoms with Gasteiger partial charge in [-0.1, -0.05) is 12.6 Å². The Morgan fingerprint density at radius 3 is 2.83 bits per heavy atom. The van der Waals surface area contributed by atoms with Crippen LogP contribution in [-0.2, 0) is 18.3 Å². The standard InChI is InChI=1S/C17H19N5O2/c1-4-15(23)22-10-6-8-12-13(7-5-9-14(12)22)16(24)19-17-18-11(2)21(3)20-17/h4-5,7,9H,1,6,8,10H2,2-3H3,(H,19,20,24). The average Bonchev–Trinajstić information content (AvgIpc) is 2.90. The highest BCUT2D eigenvalue weighted by Gasteiger charge is 2.25. The van der Waals surface area contributed by atoms with Gasteiger partial charge >= 0.3 is 0 Å². The van der Waals surface area contributed by atoms with Crippen LogP contribution in [0.25, 0.3) is 0 Å². The number of hydrogen-bond acceptors (Lipinski definition) is 4. The van der Waals surface area contributed by atoms with E-state index < -0.39 is 0 Å². The van der Waals surface area contributed by atoms with Gasteiger partial charge in [0.1, 0.15) is 5.82 Å². The molecular formula is C17H19N5O2. The molecule has 2 amide bonds. The molecule has 3 rings (SSSR count). The molecule has 0 bridgehead atoms. The van der Waals surface area contributed by atoms with E-state index in [9.17, 15) is 9.59 Å². The van der Waals surface area contributed by atoms with Gasteiger partial charge < -0.3 is 4.90 Å². The van der Waals surface area contributed by atoms with Crippen molar-refractivity contribution in [3.05, 3.63) is 47.8 Å². The van der Waals surface area contributed by atoms with Crippen molar-refractivity contribution in [3.8, 4) is 0 Å². The lowest BCUT2D eigenvalue weighted by Crippen LogP contribution is -2.35. The summed E-state index contributed by atoms with van der Waals surface area (Å²) in [4.78, 5) is 30.5. The number of anilines is 2. The highest BCUT2D eigenvalue weighted by molar-refractivity contribution is 6.07. The van der Waals surface area contributed by atoms with Crippen LogP contribution in [0.3, 0.4) is 0 Å².